The minimum Gasteiger partial charge on any atom is -0.508 e. The molecule has 0 aromatic heterocycles. The lowest BCUT2D eigenvalue weighted by Gasteiger charge is -2.26. The molecule has 138 valence electrons. The third-order valence-electron chi connectivity index (χ3n) is 4.23. The van der Waals surface area contributed by atoms with Gasteiger partial charge in [-0.2, -0.15) is 0 Å². The topological polar surface area (TPSA) is 101 Å². The van der Waals surface area contributed by atoms with Crippen molar-refractivity contribution in [2.24, 2.45) is 5.92 Å². The number of aliphatic hydroxyl groups is 3. The summed E-state index contributed by atoms with van der Waals surface area (Å²) in [5, 5.41) is 43.6. The molecule has 25 heavy (non-hydrogen) atoms. The van der Waals surface area contributed by atoms with E-state index in [0.29, 0.717) is 6.42 Å². The second-order valence-corrected chi connectivity index (χ2v) is 6.46. The van der Waals surface area contributed by atoms with Crippen molar-refractivity contribution in [3.8, 4) is 11.5 Å². The standard InChI is InChI=1S/C15H16O2.C5H12O3/c1-15(2,11-3-7-13(16)8-4-11)12-5-9-14(17)10-6-12;6-2-1-5(3-7)4-8/h3-10,16-17H,1-2H3;5-8H,1-4H2. The van der Waals surface area contributed by atoms with Gasteiger partial charge in [0.1, 0.15) is 11.5 Å². The Hall–Kier alpha value is -2.08. The maximum Gasteiger partial charge on any atom is 0.115 e. The van der Waals surface area contributed by atoms with Crippen LogP contribution in [-0.2, 0) is 5.41 Å². The molecule has 0 radical (unpaired) electrons. The average molecular weight is 348 g/mol. The van der Waals surface area contributed by atoms with Gasteiger partial charge in [0, 0.05) is 31.2 Å². The van der Waals surface area contributed by atoms with Crippen LogP contribution in [-0.4, -0.2) is 45.4 Å². The van der Waals surface area contributed by atoms with Crippen LogP contribution in [0.15, 0.2) is 48.5 Å². The number of aliphatic hydroxyl groups excluding tert-OH is 3. The van der Waals surface area contributed by atoms with Gasteiger partial charge in [0.05, 0.1) is 0 Å². The van der Waals surface area contributed by atoms with Crippen LogP contribution in [0.4, 0.5) is 0 Å². The molecule has 0 unspecified atom stereocenters. The Morgan fingerprint density at radius 1 is 0.720 bits per heavy atom. The third-order valence-corrected chi connectivity index (χ3v) is 4.23. The lowest BCUT2D eigenvalue weighted by molar-refractivity contribution is 0.124. The zero-order valence-corrected chi connectivity index (χ0v) is 14.8. The highest BCUT2D eigenvalue weighted by atomic mass is 16.3. The zero-order chi connectivity index (χ0) is 18.9. The summed E-state index contributed by atoms with van der Waals surface area (Å²) >= 11 is 0. The van der Waals surface area contributed by atoms with E-state index in [1.807, 2.05) is 24.3 Å². The van der Waals surface area contributed by atoms with Gasteiger partial charge < -0.3 is 25.5 Å². The molecule has 5 N–H and O–H groups in total. The predicted octanol–water partition coefficient (Wildman–Crippen LogP) is 2.39. The van der Waals surface area contributed by atoms with Gasteiger partial charge in [-0.1, -0.05) is 38.1 Å². The van der Waals surface area contributed by atoms with Crippen molar-refractivity contribution >= 4 is 0 Å². The van der Waals surface area contributed by atoms with Crippen LogP contribution in [0.2, 0.25) is 0 Å². The van der Waals surface area contributed by atoms with Gasteiger partial charge in [-0.05, 0) is 41.8 Å². The second kappa shape index (κ2) is 10.0. The van der Waals surface area contributed by atoms with E-state index in [-0.39, 0.29) is 42.7 Å². The highest BCUT2D eigenvalue weighted by Gasteiger charge is 2.22. The van der Waals surface area contributed by atoms with Crippen LogP contribution < -0.4 is 0 Å². The maximum atomic E-state index is 9.30. The lowest BCUT2D eigenvalue weighted by Crippen LogP contribution is -2.18. The van der Waals surface area contributed by atoms with Gasteiger partial charge in [0.25, 0.3) is 0 Å². The summed E-state index contributed by atoms with van der Waals surface area (Å²) in [6.45, 7) is 4.18. The number of hydrogen-bond donors (Lipinski definition) is 5. The molecule has 0 saturated heterocycles. The fourth-order valence-electron chi connectivity index (χ4n) is 2.35. The lowest BCUT2D eigenvalue weighted by atomic mass is 9.78. The molecule has 0 aliphatic carbocycles. The summed E-state index contributed by atoms with van der Waals surface area (Å²) in [5.74, 6) is 0.408. The summed E-state index contributed by atoms with van der Waals surface area (Å²) in [7, 11) is 0. The first-order valence-electron chi connectivity index (χ1n) is 8.26. The molecule has 0 heterocycles. The van der Waals surface area contributed by atoms with E-state index in [9.17, 15) is 10.2 Å². The zero-order valence-electron chi connectivity index (χ0n) is 14.8. The Bertz CT molecular complexity index is 553. The maximum absolute atomic E-state index is 9.30. The van der Waals surface area contributed by atoms with Crippen molar-refractivity contribution in [3.05, 3.63) is 59.7 Å². The molecule has 0 aliphatic heterocycles. The molecule has 0 bridgehead atoms. The third kappa shape index (κ3) is 6.38. The van der Waals surface area contributed by atoms with E-state index in [1.165, 1.54) is 0 Å². The van der Waals surface area contributed by atoms with Crippen molar-refractivity contribution in [2.75, 3.05) is 19.8 Å². The molecule has 0 saturated carbocycles. The first kappa shape index (κ1) is 21.0. The molecule has 5 nitrogen and oxygen atoms in total. The summed E-state index contributed by atoms with van der Waals surface area (Å²) in [5.41, 5.74) is 2.10. The molecule has 5 heteroatoms. The van der Waals surface area contributed by atoms with Gasteiger partial charge in [0.15, 0.2) is 0 Å². The van der Waals surface area contributed by atoms with Gasteiger partial charge in [-0.25, -0.2) is 0 Å². The SMILES string of the molecule is CC(C)(c1ccc(O)cc1)c1ccc(O)cc1.OCCC(CO)CO. The molecular formula is C20H28O5. The summed E-state index contributed by atoms with van der Waals surface area (Å²) in [6.07, 6.45) is 0.479. The van der Waals surface area contributed by atoms with Gasteiger partial charge >= 0.3 is 0 Å². The monoisotopic (exact) mass is 348 g/mol. The minimum absolute atomic E-state index is 0.0335. The van der Waals surface area contributed by atoms with Crippen LogP contribution in [0.5, 0.6) is 11.5 Å². The first-order chi connectivity index (χ1) is 11.8. The normalized spacial score (nSPS) is 11.1. The van der Waals surface area contributed by atoms with Crippen LogP contribution in [0.1, 0.15) is 31.4 Å². The van der Waals surface area contributed by atoms with E-state index in [2.05, 4.69) is 13.8 Å². The minimum atomic E-state index is -0.151. The number of hydrogen-bond acceptors (Lipinski definition) is 5. The van der Waals surface area contributed by atoms with Crippen LogP contribution in [0.3, 0.4) is 0 Å². The number of phenols is 2. The Morgan fingerprint density at radius 2 is 1.08 bits per heavy atom. The summed E-state index contributed by atoms with van der Waals surface area (Å²) in [6, 6.07) is 14.4. The molecule has 2 rings (SSSR count). The molecule has 0 amide bonds. The van der Waals surface area contributed by atoms with Crippen LogP contribution >= 0.6 is 0 Å². The van der Waals surface area contributed by atoms with E-state index >= 15 is 0 Å². The van der Waals surface area contributed by atoms with Crippen molar-refractivity contribution < 1.29 is 25.5 Å². The average Bonchev–Trinajstić information content (AvgIpc) is 2.61. The fraction of sp³-hybridized carbons (Fsp3) is 0.400. The van der Waals surface area contributed by atoms with E-state index in [4.69, 9.17) is 15.3 Å². The highest BCUT2D eigenvalue weighted by Crippen LogP contribution is 2.32. The molecule has 2 aromatic carbocycles. The van der Waals surface area contributed by atoms with Crippen molar-refractivity contribution in [1.29, 1.82) is 0 Å². The first-order valence-corrected chi connectivity index (χ1v) is 8.26. The molecular weight excluding hydrogens is 320 g/mol. The van der Waals surface area contributed by atoms with E-state index in [0.717, 1.165) is 11.1 Å². The Labute approximate surface area is 148 Å². The molecule has 0 fully saturated rings. The quantitative estimate of drug-likeness (QED) is 0.552. The number of benzene rings is 2. The largest absolute Gasteiger partial charge is 0.508 e. The Kier molecular flexibility index (Phi) is 8.41. The smallest absolute Gasteiger partial charge is 0.115 e. The van der Waals surface area contributed by atoms with Crippen molar-refractivity contribution in [1.82, 2.24) is 0 Å². The van der Waals surface area contributed by atoms with E-state index in [1.54, 1.807) is 24.3 Å². The second-order valence-electron chi connectivity index (χ2n) is 6.46. The Morgan fingerprint density at radius 3 is 1.32 bits per heavy atom. The Balaban J connectivity index is 0.000000333. The van der Waals surface area contributed by atoms with Crippen molar-refractivity contribution in [3.63, 3.8) is 0 Å². The van der Waals surface area contributed by atoms with Crippen LogP contribution in [0, 0.1) is 5.92 Å². The predicted molar refractivity (Wildman–Crippen MR) is 97.7 cm³/mol. The fourth-order valence-corrected chi connectivity index (χ4v) is 2.35. The van der Waals surface area contributed by atoms with Gasteiger partial charge in [-0.15, -0.1) is 0 Å². The molecule has 0 atom stereocenters. The number of rotatable bonds is 6. The summed E-state index contributed by atoms with van der Waals surface area (Å²) in [4.78, 5) is 0. The number of aromatic hydroxyl groups is 2. The van der Waals surface area contributed by atoms with Gasteiger partial charge in [-0.3, -0.25) is 0 Å². The highest BCUT2D eigenvalue weighted by molar-refractivity contribution is 5.41. The summed E-state index contributed by atoms with van der Waals surface area (Å²) < 4.78 is 0. The number of phenolic OH excluding ortho intramolecular Hbond substituents is 2. The molecule has 0 aliphatic rings. The van der Waals surface area contributed by atoms with E-state index < -0.39 is 0 Å². The van der Waals surface area contributed by atoms with Crippen molar-refractivity contribution in [2.45, 2.75) is 25.7 Å². The molecule has 0 spiro atoms. The van der Waals surface area contributed by atoms with Crippen LogP contribution in [0.25, 0.3) is 0 Å². The molecule has 2 aromatic rings. The van der Waals surface area contributed by atoms with Gasteiger partial charge in [0.2, 0.25) is 0 Å².